The molecule has 0 bridgehead atoms. The number of sulfone groups is 1. The first-order valence-corrected chi connectivity index (χ1v) is 6.62. The summed E-state index contributed by atoms with van der Waals surface area (Å²) in [6.07, 6.45) is 2.99. The van der Waals surface area contributed by atoms with Crippen LogP contribution in [0.2, 0.25) is 0 Å². The molecular weight excluding hydrogens is 200 g/mol. The third-order valence-corrected chi connectivity index (χ3v) is 4.45. The van der Waals surface area contributed by atoms with Crippen LogP contribution in [-0.2, 0) is 9.84 Å². The molecule has 4 nitrogen and oxygen atoms in total. The Morgan fingerprint density at radius 3 is 2.43 bits per heavy atom. The van der Waals surface area contributed by atoms with Crippen molar-refractivity contribution in [1.82, 2.24) is 5.32 Å². The maximum Gasteiger partial charge on any atom is 0.150 e. The molecule has 0 radical (unpaired) electrons. The molecular formula is C9H18N2O2S. The Labute approximate surface area is 85.5 Å². The van der Waals surface area contributed by atoms with Gasteiger partial charge in [-0.2, -0.15) is 0 Å². The summed E-state index contributed by atoms with van der Waals surface area (Å²) in [5, 5.41) is 3.26. The molecule has 1 aliphatic heterocycles. The first-order valence-electron chi connectivity index (χ1n) is 4.80. The third-order valence-electron chi connectivity index (χ3n) is 2.80. The normalized spacial score (nSPS) is 24.4. The van der Waals surface area contributed by atoms with E-state index < -0.39 is 9.84 Å². The van der Waals surface area contributed by atoms with Crippen LogP contribution in [0, 0.1) is 0 Å². The Morgan fingerprint density at radius 2 is 2.00 bits per heavy atom. The smallest absolute Gasteiger partial charge is 0.150 e. The summed E-state index contributed by atoms with van der Waals surface area (Å²) in [5.74, 6) is 0.489. The van der Waals surface area contributed by atoms with Crippen LogP contribution in [0.25, 0.3) is 0 Å². The fourth-order valence-electron chi connectivity index (χ4n) is 1.67. The van der Waals surface area contributed by atoms with Crippen molar-refractivity contribution in [2.75, 3.05) is 24.6 Å². The lowest BCUT2D eigenvalue weighted by Gasteiger charge is -2.36. The highest BCUT2D eigenvalue weighted by Crippen LogP contribution is 2.22. The topological polar surface area (TPSA) is 72.2 Å². The second kappa shape index (κ2) is 4.42. The van der Waals surface area contributed by atoms with Crippen molar-refractivity contribution in [3.8, 4) is 0 Å². The van der Waals surface area contributed by atoms with E-state index in [4.69, 9.17) is 5.73 Å². The van der Waals surface area contributed by atoms with Gasteiger partial charge in [-0.25, -0.2) is 8.42 Å². The van der Waals surface area contributed by atoms with Gasteiger partial charge in [0.1, 0.15) is 9.84 Å². The zero-order valence-electron chi connectivity index (χ0n) is 8.33. The van der Waals surface area contributed by atoms with Gasteiger partial charge >= 0.3 is 0 Å². The van der Waals surface area contributed by atoms with E-state index in [1.165, 1.54) is 0 Å². The molecule has 3 N–H and O–H groups in total. The number of nitrogens with one attached hydrogen (secondary N) is 1. The lowest BCUT2D eigenvalue weighted by atomic mass is 9.92. The van der Waals surface area contributed by atoms with Gasteiger partial charge in [-0.3, -0.25) is 0 Å². The van der Waals surface area contributed by atoms with E-state index in [2.05, 4.69) is 11.9 Å². The summed E-state index contributed by atoms with van der Waals surface area (Å²) in [6.45, 7) is 4.78. The zero-order chi connectivity index (χ0) is 10.7. The first kappa shape index (κ1) is 11.7. The minimum Gasteiger partial charge on any atom is -0.329 e. The van der Waals surface area contributed by atoms with Crippen LogP contribution in [0.15, 0.2) is 12.7 Å². The van der Waals surface area contributed by atoms with Gasteiger partial charge in [0.2, 0.25) is 0 Å². The Bertz CT molecular complexity index is 284. The summed E-state index contributed by atoms with van der Waals surface area (Å²) < 4.78 is 22.5. The number of nitrogens with two attached hydrogens (primary N) is 1. The summed E-state index contributed by atoms with van der Waals surface area (Å²) in [7, 11) is -2.81. The molecule has 5 heteroatoms. The van der Waals surface area contributed by atoms with E-state index in [1.54, 1.807) is 6.08 Å². The van der Waals surface area contributed by atoms with Gasteiger partial charge < -0.3 is 11.1 Å². The minimum atomic E-state index is -2.81. The molecule has 0 saturated carbocycles. The molecule has 0 aromatic rings. The molecule has 0 spiro atoms. The van der Waals surface area contributed by atoms with Gasteiger partial charge in [-0.15, -0.1) is 6.58 Å². The molecule has 1 saturated heterocycles. The lowest BCUT2D eigenvalue weighted by molar-refractivity contribution is 0.314. The quantitative estimate of drug-likeness (QED) is 0.634. The van der Waals surface area contributed by atoms with Crippen molar-refractivity contribution in [3.05, 3.63) is 12.7 Å². The van der Waals surface area contributed by atoms with Crippen molar-refractivity contribution in [2.24, 2.45) is 5.73 Å². The number of hydrogen-bond acceptors (Lipinski definition) is 4. The fourth-order valence-corrected chi connectivity index (χ4v) is 3.28. The molecule has 0 unspecified atom stereocenters. The average molecular weight is 218 g/mol. The second-order valence-corrected chi connectivity index (χ2v) is 6.11. The molecule has 0 aliphatic carbocycles. The van der Waals surface area contributed by atoms with E-state index in [1.807, 2.05) is 0 Å². The van der Waals surface area contributed by atoms with E-state index in [0.29, 0.717) is 25.9 Å². The summed E-state index contributed by atoms with van der Waals surface area (Å²) in [4.78, 5) is 0. The zero-order valence-corrected chi connectivity index (χ0v) is 9.15. The largest absolute Gasteiger partial charge is 0.329 e. The maximum absolute atomic E-state index is 11.2. The highest BCUT2D eigenvalue weighted by Gasteiger charge is 2.35. The lowest BCUT2D eigenvalue weighted by Crippen LogP contribution is -2.55. The van der Waals surface area contributed by atoms with Crippen LogP contribution in [0.3, 0.4) is 0 Å². The Kier molecular flexibility index (Phi) is 3.69. The van der Waals surface area contributed by atoms with Gasteiger partial charge in [-0.1, -0.05) is 6.08 Å². The molecule has 82 valence electrons. The van der Waals surface area contributed by atoms with E-state index in [0.717, 1.165) is 0 Å². The summed E-state index contributed by atoms with van der Waals surface area (Å²) in [6, 6.07) is 0. The molecule has 0 amide bonds. The van der Waals surface area contributed by atoms with E-state index in [9.17, 15) is 8.42 Å². The highest BCUT2D eigenvalue weighted by atomic mass is 32.2. The van der Waals surface area contributed by atoms with Crippen LogP contribution in [0.4, 0.5) is 0 Å². The number of hydrogen-bond donors (Lipinski definition) is 2. The first-order chi connectivity index (χ1) is 6.54. The van der Waals surface area contributed by atoms with Crippen LogP contribution in [0.1, 0.15) is 12.8 Å². The Balaban J connectivity index is 2.60. The van der Waals surface area contributed by atoms with Crippen molar-refractivity contribution in [2.45, 2.75) is 18.4 Å². The van der Waals surface area contributed by atoms with Crippen LogP contribution < -0.4 is 11.1 Å². The van der Waals surface area contributed by atoms with Gasteiger partial charge in [0, 0.05) is 18.6 Å². The Morgan fingerprint density at radius 1 is 1.43 bits per heavy atom. The van der Waals surface area contributed by atoms with Crippen LogP contribution in [0.5, 0.6) is 0 Å². The molecule has 1 heterocycles. The number of rotatable bonds is 4. The average Bonchev–Trinajstić information content (AvgIpc) is 2.18. The monoisotopic (exact) mass is 218 g/mol. The molecule has 1 fully saturated rings. The van der Waals surface area contributed by atoms with Gasteiger partial charge in [-0.05, 0) is 12.8 Å². The molecule has 0 aromatic heterocycles. The second-order valence-electron chi connectivity index (χ2n) is 3.81. The predicted molar refractivity (Wildman–Crippen MR) is 57.9 cm³/mol. The van der Waals surface area contributed by atoms with Gasteiger partial charge in [0.25, 0.3) is 0 Å². The SMILES string of the molecule is C=CCNC1(CN)CCS(=O)(=O)CC1. The fraction of sp³-hybridized carbons (Fsp3) is 0.778. The molecule has 1 aliphatic rings. The predicted octanol–water partition coefficient (Wildman–Crippen LogP) is -0.332. The highest BCUT2D eigenvalue weighted by molar-refractivity contribution is 7.91. The van der Waals surface area contributed by atoms with Crippen molar-refractivity contribution in [3.63, 3.8) is 0 Å². The molecule has 0 atom stereocenters. The molecule has 14 heavy (non-hydrogen) atoms. The van der Waals surface area contributed by atoms with Crippen LogP contribution in [-0.4, -0.2) is 38.6 Å². The molecule has 0 aromatic carbocycles. The van der Waals surface area contributed by atoms with Gasteiger partial charge in [0.05, 0.1) is 11.5 Å². The summed E-state index contributed by atoms with van der Waals surface area (Å²) in [5.41, 5.74) is 5.48. The van der Waals surface area contributed by atoms with Crippen molar-refractivity contribution >= 4 is 9.84 Å². The Hall–Kier alpha value is -0.390. The van der Waals surface area contributed by atoms with E-state index >= 15 is 0 Å². The standard InChI is InChI=1S/C9H18N2O2S/c1-2-5-11-9(8-10)3-6-14(12,13)7-4-9/h2,11H,1,3-8,10H2. The third kappa shape index (κ3) is 2.80. The minimum absolute atomic E-state index is 0.195. The van der Waals surface area contributed by atoms with Crippen LogP contribution >= 0.6 is 0 Å². The van der Waals surface area contributed by atoms with Gasteiger partial charge in [0.15, 0.2) is 0 Å². The molecule has 1 rings (SSSR count). The maximum atomic E-state index is 11.2. The van der Waals surface area contributed by atoms with Crippen molar-refractivity contribution in [1.29, 1.82) is 0 Å². The van der Waals surface area contributed by atoms with Crippen molar-refractivity contribution < 1.29 is 8.42 Å². The summed E-state index contributed by atoms with van der Waals surface area (Å²) >= 11 is 0. The van der Waals surface area contributed by atoms with E-state index in [-0.39, 0.29) is 17.0 Å².